The highest BCUT2D eigenvalue weighted by atomic mass is 19.1. The first-order valence-corrected chi connectivity index (χ1v) is 5.22. The van der Waals surface area contributed by atoms with E-state index < -0.39 is 0 Å². The van der Waals surface area contributed by atoms with Gasteiger partial charge in [-0.25, -0.2) is 9.37 Å². The van der Waals surface area contributed by atoms with Gasteiger partial charge in [-0.2, -0.15) is 0 Å². The Labute approximate surface area is 98.3 Å². The minimum absolute atomic E-state index is 0.00438. The van der Waals surface area contributed by atoms with Gasteiger partial charge in [-0.1, -0.05) is 18.2 Å². The van der Waals surface area contributed by atoms with Crippen molar-refractivity contribution in [1.82, 2.24) is 9.97 Å². The molecule has 17 heavy (non-hydrogen) atoms. The fourth-order valence-corrected chi connectivity index (χ4v) is 1.44. The van der Waals surface area contributed by atoms with Crippen LogP contribution in [-0.4, -0.2) is 15.8 Å². The number of aromatic nitrogens is 2. The van der Waals surface area contributed by atoms with Gasteiger partial charge in [0, 0.05) is 12.6 Å². The number of carbonyl (C=O) groups is 1. The number of benzene rings is 1. The van der Waals surface area contributed by atoms with E-state index in [0.717, 1.165) is 5.69 Å². The Morgan fingerprint density at radius 3 is 2.65 bits per heavy atom. The van der Waals surface area contributed by atoms with Gasteiger partial charge in [0.2, 0.25) is 0 Å². The molecule has 0 spiro atoms. The van der Waals surface area contributed by atoms with Gasteiger partial charge in [-0.05, 0) is 18.6 Å². The zero-order chi connectivity index (χ0) is 12.3. The minimum atomic E-state index is -0.374. The molecule has 1 aromatic carbocycles. The van der Waals surface area contributed by atoms with Crippen molar-refractivity contribution in [2.24, 2.45) is 0 Å². The molecule has 0 bridgehead atoms. The molecule has 4 heteroatoms. The van der Waals surface area contributed by atoms with Crippen LogP contribution in [0.1, 0.15) is 21.7 Å². The van der Waals surface area contributed by atoms with Gasteiger partial charge in [0.1, 0.15) is 11.5 Å². The first-order valence-electron chi connectivity index (χ1n) is 5.22. The van der Waals surface area contributed by atoms with Crippen molar-refractivity contribution in [2.45, 2.75) is 13.3 Å². The van der Waals surface area contributed by atoms with E-state index >= 15 is 0 Å². The highest BCUT2D eigenvalue weighted by Crippen LogP contribution is 2.09. The Hall–Kier alpha value is -2.10. The fraction of sp³-hybridized carbons (Fsp3) is 0.154. The molecule has 0 aliphatic carbocycles. The van der Waals surface area contributed by atoms with E-state index in [1.165, 1.54) is 18.5 Å². The number of halogens is 1. The summed E-state index contributed by atoms with van der Waals surface area (Å²) in [6.45, 7) is 1.79. The Kier molecular flexibility index (Phi) is 3.23. The smallest absolute Gasteiger partial charge is 0.187 e. The molecule has 86 valence electrons. The summed E-state index contributed by atoms with van der Waals surface area (Å²) in [5.74, 6) is -0.608. The van der Waals surface area contributed by atoms with Crippen LogP contribution in [0.5, 0.6) is 0 Å². The third kappa shape index (κ3) is 2.72. The van der Waals surface area contributed by atoms with E-state index in [1.54, 1.807) is 25.1 Å². The van der Waals surface area contributed by atoms with E-state index in [4.69, 9.17) is 0 Å². The maximum Gasteiger partial charge on any atom is 0.187 e. The number of nitrogens with zero attached hydrogens (tertiary/aromatic N) is 2. The summed E-state index contributed by atoms with van der Waals surface area (Å²) in [6, 6.07) is 6.22. The highest BCUT2D eigenvalue weighted by Gasteiger charge is 2.11. The van der Waals surface area contributed by atoms with Crippen LogP contribution in [0.2, 0.25) is 0 Å². The second-order valence-corrected chi connectivity index (χ2v) is 3.73. The molecule has 0 atom stereocenters. The molecular weight excluding hydrogens is 219 g/mol. The lowest BCUT2D eigenvalue weighted by Crippen LogP contribution is -2.08. The summed E-state index contributed by atoms with van der Waals surface area (Å²) in [6.07, 6.45) is 2.94. The number of hydrogen-bond acceptors (Lipinski definition) is 3. The van der Waals surface area contributed by atoms with Crippen LogP contribution in [0.25, 0.3) is 0 Å². The van der Waals surface area contributed by atoms with E-state index in [0.29, 0.717) is 5.56 Å². The Morgan fingerprint density at radius 2 is 2.00 bits per heavy atom. The standard InChI is InChI=1S/C13H11FN2O/c1-9-7-16-12(8-15-9)13(17)6-10-4-2-3-5-11(10)14/h2-5,7-8H,6H2,1H3. The van der Waals surface area contributed by atoms with Crippen molar-refractivity contribution in [3.8, 4) is 0 Å². The zero-order valence-corrected chi connectivity index (χ0v) is 9.35. The lowest BCUT2D eigenvalue weighted by atomic mass is 10.1. The molecule has 3 nitrogen and oxygen atoms in total. The summed E-state index contributed by atoms with van der Waals surface area (Å²) < 4.78 is 13.3. The third-order valence-electron chi connectivity index (χ3n) is 2.38. The Morgan fingerprint density at radius 1 is 1.24 bits per heavy atom. The second-order valence-electron chi connectivity index (χ2n) is 3.73. The van der Waals surface area contributed by atoms with E-state index in [9.17, 15) is 9.18 Å². The topological polar surface area (TPSA) is 42.9 Å². The molecule has 0 aliphatic heterocycles. The van der Waals surface area contributed by atoms with Gasteiger partial charge >= 0.3 is 0 Å². The first kappa shape index (κ1) is 11.4. The van der Waals surface area contributed by atoms with Crippen LogP contribution in [0.15, 0.2) is 36.7 Å². The maximum atomic E-state index is 13.3. The summed E-state index contributed by atoms with van der Waals surface area (Å²) >= 11 is 0. The van der Waals surface area contributed by atoms with Crippen LogP contribution in [0, 0.1) is 12.7 Å². The highest BCUT2D eigenvalue weighted by molar-refractivity contribution is 5.95. The van der Waals surface area contributed by atoms with Crippen molar-refractivity contribution >= 4 is 5.78 Å². The van der Waals surface area contributed by atoms with Crippen LogP contribution < -0.4 is 0 Å². The Balaban J connectivity index is 2.17. The Bertz CT molecular complexity index is 537. The lowest BCUT2D eigenvalue weighted by Gasteiger charge is -2.02. The number of carbonyl (C=O) groups excluding carboxylic acids is 1. The molecular formula is C13H11FN2O. The molecule has 0 saturated carbocycles. The van der Waals surface area contributed by atoms with Crippen molar-refractivity contribution in [2.75, 3.05) is 0 Å². The van der Waals surface area contributed by atoms with Gasteiger partial charge in [0.05, 0.1) is 11.9 Å². The van der Waals surface area contributed by atoms with Crippen LogP contribution in [-0.2, 0) is 6.42 Å². The maximum absolute atomic E-state index is 13.3. The summed E-state index contributed by atoms with van der Waals surface area (Å²) in [5.41, 5.74) is 1.38. The molecule has 0 fully saturated rings. The molecule has 2 aromatic rings. The largest absolute Gasteiger partial charge is 0.292 e. The fourth-order valence-electron chi connectivity index (χ4n) is 1.44. The summed E-state index contributed by atoms with van der Waals surface area (Å²) in [5, 5.41) is 0. The lowest BCUT2D eigenvalue weighted by molar-refractivity contribution is 0.0986. The van der Waals surface area contributed by atoms with Crippen LogP contribution >= 0.6 is 0 Å². The van der Waals surface area contributed by atoms with E-state index in [1.807, 2.05) is 0 Å². The van der Waals surface area contributed by atoms with Crippen molar-refractivity contribution < 1.29 is 9.18 Å². The van der Waals surface area contributed by atoms with E-state index in [-0.39, 0.29) is 23.7 Å². The number of rotatable bonds is 3. The van der Waals surface area contributed by atoms with Gasteiger partial charge in [0.25, 0.3) is 0 Å². The van der Waals surface area contributed by atoms with E-state index in [2.05, 4.69) is 9.97 Å². The average Bonchev–Trinajstić information content (AvgIpc) is 2.33. The van der Waals surface area contributed by atoms with Crippen molar-refractivity contribution in [3.63, 3.8) is 0 Å². The molecule has 0 aliphatic rings. The zero-order valence-electron chi connectivity index (χ0n) is 9.35. The number of ketones is 1. The predicted molar refractivity (Wildman–Crippen MR) is 61.2 cm³/mol. The predicted octanol–water partition coefficient (Wildman–Crippen LogP) is 2.35. The molecule has 0 N–H and O–H groups in total. The molecule has 0 unspecified atom stereocenters. The number of Topliss-reactive ketones (excluding diaryl/α,β-unsaturated/α-hetero) is 1. The second kappa shape index (κ2) is 4.82. The molecule has 0 amide bonds. The molecule has 0 radical (unpaired) electrons. The number of hydrogen-bond donors (Lipinski definition) is 0. The third-order valence-corrected chi connectivity index (χ3v) is 2.38. The van der Waals surface area contributed by atoms with Gasteiger partial charge in [-0.3, -0.25) is 9.78 Å². The molecule has 0 saturated heterocycles. The normalized spacial score (nSPS) is 10.2. The first-order chi connectivity index (χ1) is 8.16. The minimum Gasteiger partial charge on any atom is -0.292 e. The summed E-state index contributed by atoms with van der Waals surface area (Å²) in [4.78, 5) is 19.8. The van der Waals surface area contributed by atoms with Gasteiger partial charge in [-0.15, -0.1) is 0 Å². The van der Waals surface area contributed by atoms with Crippen LogP contribution in [0.3, 0.4) is 0 Å². The molecule has 1 heterocycles. The monoisotopic (exact) mass is 230 g/mol. The number of aryl methyl sites for hydroxylation is 1. The van der Waals surface area contributed by atoms with Gasteiger partial charge in [0.15, 0.2) is 5.78 Å². The quantitative estimate of drug-likeness (QED) is 0.760. The van der Waals surface area contributed by atoms with Gasteiger partial charge < -0.3 is 0 Å². The summed E-state index contributed by atoms with van der Waals surface area (Å²) in [7, 11) is 0. The van der Waals surface area contributed by atoms with Crippen molar-refractivity contribution in [1.29, 1.82) is 0 Å². The van der Waals surface area contributed by atoms with Crippen molar-refractivity contribution in [3.05, 3.63) is 59.4 Å². The molecule has 1 aromatic heterocycles. The average molecular weight is 230 g/mol. The molecule has 2 rings (SSSR count). The van der Waals surface area contributed by atoms with Crippen LogP contribution in [0.4, 0.5) is 4.39 Å². The SMILES string of the molecule is Cc1cnc(C(=O)Cc2ccccc2F)cn1.